The molecule has 0 aromatic heterocycles. The minimum Gasteiger partial charge on any atom is -0.357 e. The van der Waals surface area contributed by atoms with E-state index >= 15 is 0 Å². The lowest BCUT2D eigenvalue weighted by Crippen LogP contribution is -2.49. The number of nitrogens with zero attached hydrogens (tertiary/aromatic N) is 3. The average Bonchev–Trinajstić information content (AvgIpc) is 3.15. The molecule has 0 spiro atoms. The van der Waals surface area contributed by atoms with E-state index in [9.17, 15) is 8.42 Å². The number of nitrogens with one attached hydrogen (secondary N) is 2. The first-order chi connectivity index (χ1) is 14.0. The van der Waals surface area contributed by atoms with E-state index in [1.54, 1.807) is 4.31 Å². The molecule has 0 bridgehead atoms. The highest BCUT2D eigenvalue weighted by atomic mass is 127. The van der Waals surface area contributed by atoms with E-state index in [2.05, 4.69) is 27.4 Å². The van der Waals surface area contributed by atoms with Gasteiger partial charge in [-0.3, -0.25) is 9.30 Å². The van der Waals surface area contributed by atoms with E-state index in [0.717, 1.165) is 56.1 Å². The Labute approximate surface area is 198 Å². The van der Waals surface area contributed by atoms with Crippen molar-refractivity contribution in [2.75, 3.05) is 49.3 Å². The van der Waals surface area contributed by atoms with Crippen molar-refractivity contribution in [2.24, 2.45) is 4.99 Å². The zero-order valence-electron chi connectivity index (χ0n) is 18.1. The number of sulfonamides is 1. The van der Waals surface area contributed by atoms with Crippen LogP contribution in [-0.4, -0.2) is 70.3 Å². The molecular weight excluding hydrogens is 513 g/mol. The molecule has 7 nitrogen and oxygen atoms in total. The van der Waals surface area contributed by atoms with Crippen molar-refractivity contribution in [1.82, 2.24) is 15.5 Å². The van der Waals surface area contributed by atoms with Gasteiger partial charge >= 0.3 is 0 Å². The topological polar surface area (TPSA) is 77.0 Å². The molecule has 1 saturated heterocycles. The van der Waals surface area contributed by atoms with E-state index in [0.29, 0.717) is 12.6 Å². The summed E-state index contributed by atoms with van der Waals surface area (Å²) in [5.41, 5.74) is 1.92. The number of benzene rings is 1. The van der Waals surface area contributed by atoms with Crippen molar-refractivity contribution in [1.29, 1.82) is 0 Å². The zero-order chi connectivity index (χ0) is 20.7. The average molecular weight is 550 g/mol. The molecule has 2 heterocycles. The van der Waals surface area contributed by atoms with Gasteiger partial charge in [0.1, 0.15) is 0 Å². The third-order valence-corrected chi connectivity index (χ3v) is 7.36. The van der Waals surface area contributed by atoms with Crippen molar-refractivity contribution in [3.63, 3.8) is 0 Å². The summed E-state index contributed by atoms with van der Waals surface area (Å²) in [6.07, 6.45) is 4.15. The Hall–Kier alpha value is -1.07. The molecule has 0 saturated carbocycles. The first kappa shape index (κ1) is 25.2. The predicted molar refractivity (Wildman–Crippen MR) is 136 cm³/mol. The van der Waals surface area contributed by atoms with Gasteiger partial charge in [-0.05, 0) is 50.8 Å². The molecular formula is C21H36IN5O2S. The second-order valence-electron chi connectivity index (χ2n) is 7.79. The molecule has 30 heavy (non-hydrogen) atoms. The number of fused-ring (bicyclic) bond motifs is 1. The Kier molecular flexibility index (Phi) is 10.2. The van der Waals surface area contributed by atoms with E-state index < -0.39 is 10.0 Å². The lowest BCUT2D eigenvalue weighted by molar-refractivity contribution is 0.206. The molecule has 0 radical (unpaired) electrons. The van der Waals surface area contributed by atoms with Crippen molar-refractivity contribution in [2.45, 2.75) is 45.6 Å². The second kappa shape index (κ2) is 12.1. The Morgan fingerprint density at radius 1 is 1.17 bits per heavy atom. The highest BCUT2D eigenvalue weighted by Crippen LogP contribution is 2.29. The number of hydrogen-bond donors (Lipinski definition) is 2. The van der Waals surface area contributed by atoms with Gasteiger partial charge in [0.25, 0.3) is 0 Å². The van der Waals surface area contributed by atoms with Crippen LogP contribution in [0.5, 0.6) is 0 Å². The number of halogens is 1. The molecule has 3 rings (SSSR count). The summed E-state index contributed by atoms with van der Waals surface area (Å²) in [6, 6.07) is 8.13. The number of anilines is 1. The van der Waals surface area contributed by atoms with E-state index in [1.165, 1.54) is 13.0 Å². The molecule has 0 atom stereocenters. The molecule has 1 aromatic carbocycles. The largest absolute Gasteiger partial charge is 0.357 e. The number of rotatable bonds is 8. The maximum atomic E-state index is 12.8. The van der Waals surface area contributed by atoms with Crippen molar-refractivity contribution >= 4 is 45.6 Å². The minimum absolute atomic E-state index is 0. The standard InChI is InChI=1S/C21H35N5O2S.HI/c1-3-13-25-14-10-19(11-15-25)24-21(22-4-2)23-12-17-29(27,28)26-16-9-18-7-5-6-8-20(18)26;/h5-8,19H,3-4,9-17H2,1-2H3,(H2,22,23,24);1H. The van der Waals surface area contributed by atoms with E-state index in [-0.39, 0.29) is 36.3 Å². The van der Waals surface area contributed by atoms with Gasteiger partial charge in [-0.25, -0.2) is 8.42 Å². The maximum absolute atomic E-state index is 12.8. The van der Waals surface area contributed by atoms with Crippen LogP contribution < -0.4 is 14.9 Å². The molecule has 9 heteroatoms. The highest BCUT2D eigenvalue weighted by Gasteiger charge is 2.28. The van der Waals surface area contributed by atoms with Crippen LogP contribution in [0.25, 0.3) is 0 Å². The fourth-order valence-electron chi connectivity index (χ4n) is 4.11. The highest BCUT2D eigenvalue weighted by molar-refractivity contribution is 14.0. The van der Waals surface area contributed by atoms with Gasteiger partial charge in [0.05, 0.1) is 18.0 Å². The van der Waals surface area contributed by atoms with Crippen LogP contribution in [0.2, 0.25) is 0 Å². The Balaban J connectivity index is 0.00000320. The van der Waals surface area contributed by atoms with Crippen LogP contribution in [0, 0.1) is 0 Å². The van der Waals surface area contributed by atoms with Crippen molar-refractivity contribution < 1.29 is 8.42 Å². The fraction of sp³-hybridized carbons (Fsp3) is 0.667. The smallest absolute Gasteiger partial charge is 0.237 e. The molecule has 0 amide bonds. The van der Waals surface area contributed by atoms with Gasteiger partial charge in [0, 0.05) is 32.2 Å². The molecule has 1 fully saturated rings. The van der Waals surface area contributed by atoms with Crippen molar-refractivity contribution in [3.05, 3.63) is 29.8 Å². The number of hydrogen-bond acceptors (Lipinski definition) is 4. The lowest BCUT2D eigenvalue weighted by atomic mass is 10.1. The first-order valence-electron chi connectivity index (χ1n) is 10.9. The van der Waals surface area contributed by atoms with Gasteiger partial charge in [0.15, 0.2) is 5.96 Å². The SMILES string of the molecule is CCCN1CCC(NC(=NCCS(=O)(=O)N2CCc3ccccc32)NCC)CC1.I. The summed E-state index contributed by atoms with van der Waals surface area (Å²) >= 11 is 0. The summed E-state index contributed by atoms with van der Waals surface area (Å²) < 4.78 is 27.2. The van der Waals surface area contributed by atoms with Gasteiger partial charge in [-0.1, -0.05) is 25.1 Å². The van der Waals surface area contributed by atoms with E-state index in [1.807, 2.05) is 31.2 Å². The fourth-order valence-corrected chi connectivity index (χ4v) is 5.50. The maximum Gasteiger partial charge on any atom is 0.237 e. The third-order valence-electron chi connectivity index (χ3n) is 5.61. The summed E-state index contributed by atoms with van der Waals surface area (Å²) in [5.74, 6) is 0.741. The summed E-state index contributed by atoms with van der Waals surface area (Å²) in [7, 11) is -3.37. The molecule has 2 N–H and O–H groups in total. The summed E-state index contributed by atoms with van der Waals surface area (Å²) in [4.78, 5) is 7.05. The van der Waals surface area contributed by atoms with Crippen LogP contribution in [0.15, 0.2) is 29.3 Å². The number of piperidine rings is 1. The zero-order valence-corrected chi connectivity index (χ0v) is 21.3. The Morgan fingerprint density at radius 3 is 2.60 bits per heavy atom. The monoisotopic (exact) mass is 549 g/mol. The summed E-state index contributed by atoms with van der Waals surface area (Å²) in [5, 5.41) is 6.75. The molecule has 1 aromatic rings. The number of guanidine groups is 1. The van der Waals surface area contributed by atoms with Gasteiger partial charge in [0.2, 0.25) is 10.0 Å². The number of aliphatic imine (C=N–C) groups is 1. The van der Waals surface area contributed by atoms with Crippen LogP contribution in [-0.2, 0) is 16.4 Å². The van der Waals surface area contributed by atoms with Crippen LogP contribution >= 0.6 is 24.0 Å². The number of para-hydroxylation sites is 1. The van der Waals surface area contributed by atoms with Gasteiger partial charge < -0.3 is 15.5 Å². The first-order valence-corrected chi connectivity index (χ1v) is 12.5. The quantitative estimate of drug-likeness (QED) is 0.296. The lowest BCUT2D eigenvalue weighted by Gasteiger charge is -2.32. The molecule has 170 valence electrons. The predicted octanol–water partition coefficient (Wildman–Crippen LogP) is 2.43. The Bertz CT molecular complexity index is 794. The Morgan fingerprint density at radius 2 is 1.90 bits per heavy atom. The number of likely N-dealkylation sites (tertiary alicyclic amines) is 1. The molecule has 0 unspecified atom stereocenters. The summed E-state index contributed by atoms with van der Waals surface area (Å²) in [6.45, 7) is 9.16. The van der Waals surface area contributed by atoms with Gasteiger partial charge in [-0.15, -0.1) is 24.0 Å². The molecule has 2 aliphatic heterocycles. The van der Waals surface area contributed by atoms with Crippen molar-refractivity contribution in [3.8, 4) is 0 Å². The normalized spacial score (nSPS) is 18.1. The molecule has 2 aliphatic rings. The van der Waals surface area contributed by atoms with E-state index in [4.69, 9.17) is 0 Å². The van der Waals surface area contributed by atoms with Crippen LogP contribution in [0.3, 0.4) is 0 Å². The van der Waals surface area contributed by atoms with Crippen LogP contribution in [0.4, 0.5) is 5.69 Å². The molecule has 0 aliphatic carbocycles. The van der Waals surface area contributed by atoms with Crippen LogP contribution in [0.1, 0.15) is 38.7 Å². The third kappa shape index (κ3) is 6.71. The second-order valence-corrected chi connectivity index (χ2v) is 9.80. The van der Waals surface area contributed by atoms with Gasteiger partial charge in [-0.2, -0.15) is 0 Å². The minimum atomic E-state index is -3.37.